The van der Waals surface area contributed by atoms with E-state index in [0.717, 1.165) is 31.7 Å². The summed E-state index contributed by atoms with van der Waals surface area (Å²) in [5, 5.41) is 5.27. The number of halogens is 3. The van der Waals surface area contributed by atoms with Crippen molar-refractivity contribution in [1.82, 2.24) is 5.32 Å². The molecule has 0 saturated heterocycles. The SMILES string of the molecule is C[C@H](C(=O)NC1CCCC1)[NH+](C)CC(=O)Nc1ccccc1C(F)(F)F. The molecule has 1 saturated carbocycles. The van der Waals surface area contributed by atoms with Crippen LogP contribution in [0.15, 0.2) is 24.3 Å². The largest absolute Gasteiger partial charge is 0.418 e. The third-order valence-electron chi connectivity index (χ3n) is 4.78. The summed E-state index contributed by atoms with van der Waals surface area (Å²) in [6.45, 7) is 1.60. The van der Waals surface area contributed by atoms with Gasteiger partial charge in [-0.25, -0.2) is 0 Å². The Morgan fingerprint density at radius 1 is 1.23 bits per heavy atom. The number of likely N-dealkylation sites (N-methyl/N-ethyl adjacent to an activating group) is 1. The lowest BCUT2D eigenvalue weighted by atomic mass is 10.1. The van der Waals surface area contributed by atoms with Gasteiger partial charge in [0, 0.05) is 6.04 Å². The normalized spacial score (nSPS) is 17.6. The first-order valence-corrected chi connectivity index (χ1v) is 8.77. The van der Waals surface area contributed by atoms with E-state index in [2.05, 4.69) is 10.6 Å². The van der Waals surface area contributed by atoms with Crippen molar-refractivity contribution >= 4 is 17.5 Å². The molecular formula is C18H25F3N3O2+. The summed E-state index contributed by atoms with van der Waals surface area (Å²) in [6.07, 6.45) is -0.415. The zero-order chi connectivity index (χ0) is 19.3. The molecule has 3 N–H and O–H groups in total. The summed E-state index contributed by atoms with van der Waals surface area (Å²) >= 11 is 0. The second-order valence-corrected chi connectivity index (χ2v) is 6.83. The molecule has 0 aliphatic heterocycles. The third-order valence-corrected chi connectivity index (χ3v) is 4.78. The molecule has 8 heteroatoms. The fourth-order valence-electron chi connectivity index (χ4n) is 3.06. The van der Waals surface area contributed by atoms with E-state index in [9.17, 15) is 22.8 Å². The van der Waals surface area contributed by atoms with Crippen LogP contribution >= 0.6 is 0 Å². The van der Waals surface area contributed by atoms with E-state index in [1.165, 1.54) is 18.2 Å². The van der Waals surface area contributed by atoms with E-state index < -0.39 is 23.7 Å². The van der Waals surface area contributed by atoms with Gasteiger partial charge in [-0.1, -0.05) is 25.0 Å². The molecule has 1 aromatic carbocycles. The lowest BCUT2D eigenvalue weighted by Gasteiger charge is -2.22. The summed E-state index contributed by atoms with van der Waals surface area (Å²) in [5.41, 5.74) is -1.17. The van der Waals surface area contributed by atoms with Gasteiger partial charge in [-0.2, -0.15) is 13.2 Å². The monoisotopic (exact) mass is 372 g/mol. The van der Waals surface area contributed by atoms with Crippen LogP contribution in [0.25, 0.3) is 0 Å². The van der Waals surface area contributed by atoms with Crippen molar-refractivity contribution < 1.29 is 27.7 Å². The Kier molecular flexibility index (Phi) is 6.63. The zero-order valence-corrected chi connectivity index (χ0v) is 15.0. The van der Waals surface area contributed by atoms with Crippen molar-refractivity contribution in [2.75, 3.05) is 18.9 Å². The molecule has 0 spiro atoms. The highest BCUT2D eigenvalue weighted by Crippen LogP contribution is 2.34. The molecule has 144 valence electrons. The number of para-hydroxylation sites is 1. The van der Waals surface area contributed by atoms with Crippen LogP contribution < -0.4 is 15.5 Å². The van der Waals surface area contributed by atoms with Gasteiger partial charge in [0.25, 0.3) is 11.8 Å². The number of hydrogen-bond donors (Lipinski definition) is 3. The molecule has 26 heavy (non-hydrogen) atoms. The Labute approximate surface area is 150 Å². The lowest BCUT2D eigenvalue weighted by Crippen LogP contribution is -3.15. The van der Waals surface area contributed by atoms with E-state index >= 15 is 0 Å². The molecule has 2 amide bonds. The molecule has 5 nitrogen and oxygen atoms in total. The Balaban J connectivity index is 1.91. The van der Waals surface area contributed by atoms with Crippen molar-refractivity contribution in [2.45, 2.75) is 50.9 Å². The minimum Gasteiger partial charge on any atom is -0.348 e. The van der Waals surface area contributed by atoms with Gasteiger partial charge in [0.15, 0.2) is 12.6 Å². The lowest BCUT2D eigenvalue weighted by molar-refractivity contribution is -0.885. The highest BCUT2D eigenvalue weighted by molar-refractivity contribution is 5.92. The molecule has 0 radical (unpaired) electrons. The second kappa shape index (κ2) is 8.53. The number of carbonyl (C=O) groups excluding carboxylic acids is 2. The Bertz CT molecular complexity index is 643. The van der Waals surface area contributed by atoms with Gasteiger partial charge in [-0.15, -0.1) is 0 Å². The van der Waals surface area contributed by atoms with Gasteiger partial charge in [-0.05, 0) is 31.9 Å². The van der Waals surface area contributed by atoms with Crippen molar-refractivity contribution in [3.63, 3.8) is 0 Å². The molecule has 1 unspecified atom stereocenters. The molecule has 1 aromatic rings. The maximum atomic E-state index is 13.0. The van der Waals surface area contributed by atoms with Gasteiger partial charge in [0.2, 0.25) is 0 Å². The Hall–Kier alpha value is -2.09. The van der Waals surface area contributed by atoms with E-state index in [1.54, 1.807) is 14.0 Å². The predicted octanol–water partition coefficient (Wildman–Crippen LogP) is 1.61. The second-order valence-electron chi connectivity index (χ2n) is 6.83. The highest BCUT2D eigenvalue weighted by Gasteiger charge is 2.34. The first kappa shape index (κ1) is 20.2. The number of quaternary nitrogens is 1. The van der Waals surface area contributed by atoms with Gasteiger partial charge in [0.05, 0.1) is 18.3 Å². The number of amides is 2. The molecule has 1 aliphatic carbocycles. The Morgan fingerprint density at radius 2 is 1.85 bits per heavy atom. The van der Waals surface area contributed by atoms with Crippen LogP contribution in [0.2, 0.25) is 0 Å². The molecule has 0 heterocycles. The Morgan fingerprint density at radius 3 is 2.46 bits per heavy atom. The number of hydrogen-bond acceptors (Lipinski definition) is 2. The topological polar surface area (TPSA) is 62.6 Å². The highest BCUT2D eigenvalue weighted by atomic mass is 19.4. The molecule has 0 aromatic heterocycles. The minimum atomic E-state index is -4.54. The minimum absolute atomic E-state index is 0.106. The average molecular weight is 372 g/mol. The molecule has 2 atom stereocenters. The van der Waals surface area contributed by atoms with E-state index in [1.807, 2.05) is 0 Å². The van der Waals surface area contributed by atoms with Crippen LogP contribution in [0, 0.1) is 0 Å². The molecular weight excluding hydrogens is 347 g/mol. The van der Waals surface area contributed by atoms with E-state index in [4.69, 9.17) is 0 Å². The molecule has 2 rings (SSSR count). The number of anilines is 1. The van der Waals surface area contributed by atoms with Crippen molar-refractivity contribution in [3.05, 3.63) is 29.8 Å². The number of rotatable bonds is 6. The third kappa shape index (κ3) is 5.45. The number of carbonyl (C=O) groups is 2. The first-order chi connectivity index (χ1) is 12.2. The summed E-state index contributed by atoms with van der Waals surface area (Å²) in [6, 6.07) is 4.55. The fourth-order valence-corrected chi connectivity index (χ4v) is 3.06. The molecule has 1 fully saturated rings. The zero-order valence-electron chi connectivity index (χ0n) is 15.0. The smallest absolute Gasteiger partial charge is 0.348 e. The first-order valence-electron chi connectivity index (χ1n) is 8.77. The van der Waals surface area contributed by atoms with Crippen LogP contribution in [-0.4, -0.2) is 37.5 Å². The standard InChI is InChI=1S/C18H24F3N3O2/c1-12(17(26)22-13-7-3-4-8-13)24(2)11-16(25)23-15-10-6-5-9-14(15)18(19,20)21/h5-6,9-10,12-13H,3-4,7-8,11H2,1-2H3,(H,22,26)(H,23,25)/p+1/t12-/m1/s1. The van der Waals surface area contributed by atoms with Gasteiger partial charge in [0.1, 0.15) is 0 Å². The van der Waals surface area contributed by atoms with Gasteiger partial charge in [-0.3, -0.25) is 9.59 Å². The summed E-state index contributed by atoms with van der Waals surface area (Å²) in [5.74, 6) is -0.711. The van der Waals surface area contributed by atoms with Crippen molar-refractivity contribution in [2.24, 2.45) is 0 Å². The predicted molar refractivity (Wildman–Crippen MR) is 91.7 cm³/mol. The number of benzene rings is 1. The number of nitrogens with one attached hydrogen (secondary N) is 3. The molecule has 0 bridgehead atoms. The van der Waals surface area contributed by atoms with Crippen LogP contribution in [0.5, 0.6) is 0 Å². The van der Waals surface area contributed by atoms with E-state index in [0.29, 0.717) is 4.90 Å². The summed E-state index contributed by atoms with van der Waals surface area (Å²) < 4.78 is 38.9. The average Bonchev–Trinajstić information content (AvgIpc) is 3.06. The van der Waals surface area contributed by atoms with E-state index in [-0.39, 0.29) is 24.2 Å². The molecule has 1 aliphatic rings. The van der Waals surface area contributed by atoms with Crippen molar-refractivity contribution in [1.29, 1.82) is 0 Å². The van der Waals surface area contributed by atoms with Crippen LogP contribution in [0.4, 0.5) is 18.9 Å². The van der Waals surface area contributed by atoms with Crippen LogP contribution in [0.1, 0.15) is 38.2 Å². The fraction of sp³-hybridized carbons (Fsp3) is 0.556. The summed E-state index contributed by atoms with van der Waals surface area (Å²) in [7, 11) is 1.67. The number of alkyl halides is 3. The van der Waals surface area contributed by atoms with Gasteiger partial charge < -0.3 is 15.5 Å². The van der Waals surface area contributed by atoms with Crippen molar-refractivity contribution in [3.8, 4) is 0 Å². The maximum Gasteiger partial charge on any atom is 0.418 e. The van der Waals surface area contributed by atoms with Crippen LogP contribution in [-0.2, 0) is 15.8 Å². The van der Waals surface area contributed by atoms with Crippen LogP contribution in [0.3, 0.4) is 0 Å². The quantitative estimate of drug-likeness (QED) is 0.710. The van der Waals surface area contributed by atoms with Gasteiger partial charge >= 0.3 is 6.18 Å². The summed E-state index contributed by atoms with van der Waals surface area (Å²) in [4.78, 5) is 25.0. The maximum absolute atomic E-state index is 13.0.